The van der Waals surface area contributed by atoms with Gasteiger partial charge in [-0.2, -0.15) is 0 Å². The van der Waals surface area contributed by atoms with Crippen LogP contribution in [0.15, 0.2) is 24.5 Å². The van der Waals surface area contributed by atoms with Gasteiger partial charge < -0.3 is 10.8 Å². The molecule has 0 aromatic carbocycles. The highest BCUT2D eigenvalue weighted by molar-refractivity contribution is 5.17. The van der Waals surface area contributed by atoms with Crippen LogP contribution < -0.4 is 5.73 Å². The van der Waals surface area contributed by atoms with Crippen LogP contribution in [0.1, 0.15) is 32.4 Å². The van der Waals surface area contributed by atoms with Gasteiger partial charge in [-0.05, 0) is 45.5 Å². The van der Waals surface area contributed by atoms with Gasteiger partial charge in [-0.15, -0.1) is 0 Å². The van der Waals surface area contributed by atoms with Gasteiger partial charge in [0.15, 0.2) is 0 Å². The largest absolute Gasteiger partial charge is 0.394 e. The third kappa shape index (κ3) is 3.25. The summed E-state index contributed by atoms with van der Waals surface area (Å²) in [6.45, 7) is 6.08. The van der Waals surface area contributed by atoms with E-state index < -0.39 is 0 Å². The van der Waals surface area contributed by atoms with Crippen molar-refractivity contribution in [2.75, 3.05) is 13.7 Å². The highest BCUT2D eigenvalue weighted by atomic mass is 16.3. The molecule has 0 saturated heterocycles. The third-order valence-electron chi connectivity index (χ3n) is 3.30. The first-order valence-corrected chi connectivity index (χ1v) is 5.89. The zero-order chi connectivity index (χ0) is 13.1. The highest BCUT2D eigenvalue weighted by Crippen LogP contribution is 2.28. The van der Waals surface area contributed by atoms with E-state index in [1.807, 2.05) is 40.0 Å². The Balaban J connectivity index is 3.03. The van der Waals surface area contributed by atoms with Crippen molar-refractivity contribution in [3.63, 3.8) is 0 Å². The van der Waals surface area contributed by atoms with Crippen LogP contribution in [0.2, 0.25) is 0 Å². The maximum Gasteiger partial charge on any atom is 0.0610 e. The van der Waals surface area contributed by atoms with Gasteiger partial charge in [-0.3, -0.25) is 9.88 Å². The number of hydrogen-bond acceptors (Lipinski definition) is 4. The van der Waals surface area contributed by atoms with Gasteiger partial charge in [0, 0.05) is 24.0 Å². The lowest BCUT2D eigenvalue weighted by Gasteiger charge is -2.42. The fraction of sp³-hybridized carbons (Fsp3) is 0.615. The first-order chi connectivity index (χ1) is 7.90. The molecule has 0 radical (unpaired) electrons. The van der Waals surface area contributed by atoms with Gasteiger partial charge in [-0.25, -0.2) is 0 Å². The molecule has 1 aromatic rings. The lowest BCUT2D eigenvalue weighted by Crippen LogP contribution is -2.50. The van der Waals surface area contributed by atoms with Gasteiger partial charge in [0.2, 0.25) is 0 Å². The number of aliphatic hydroxyl groups is 1. The number of hydrogen-bond donors (Lipinski definition) is 2. The molecule has 2 unspecified atom stereocenters. The molecule has 0 bridgehead atoms. The van der Waals surface area contributed by atoms with E-state index in [1.165, 1.54) is 0 Å². The molecule has 0 amide bonds. The van der Waals surface area contributed by atoms with Crippen molar-refractivity contribution in [3.8, 4) is 0 Å². The zero-order valence-electron chi connectivity index (χ0n) is 11.1. The first-order valence-electron chi connectivity index (χ1n) is 5.89. The second kappa shape index (κ2) is 5.58. The van der Waals surface area contributed by atoms with E-state index in [1.54, 1.807) is 12.4 Å². The fourth-order valence-corrected chi connectivity index (χ4v) is 1.93. The molecule has 3 N–H and O–H groups in total. The monoisotopic (exact) mass is 237 g/mol. The molecule has 1 aromatic heterocycles. The second-order valence-corrected chi connectivity index (χ2v) is 5.17. The number of rotatable bonds is 5. The second-order valence-electron chi connectivity index (χ2n) is 5.17. The molecule has 2 atom stereocenters. The van der Waals surface area contributed by atoms with Crippen molar-refractivity contribution >= 4 is 0 Å². The van der Waals surface area contributed by atoms with Crippen LogP contribution in [-0.4, -0.2) is 40.2 Å². The first kappa shape index (κ1) is 14.1. The Morgan fingerprint density at radius 2 is 1.94 bits per heavy atom. The van der Waals surface area contributed by atoms with Crippen LogP contribution >= 0.6 is 0 Å². The van der Waals surface area contributed by atoms with Crippen LogP contribution in [0.5, 0.6) is 0 Å². The number of aromatic nitrogens is 1. The summed E-state index contributed by atoms with van der Waals surface area (Å²) in [4.78, 5) is 6.14. The number of likely N-dealkylation sites (N-methyl/N-ethyl adjacent to an activating group) is 1. The van der Waals surface area contributed by atoms with Crippen LogP contribution in [-0.2, 0) is 0 Å². The van der Waals surface area contributed by atoms with Crippen molar-refractivity contribution in [1.29, 1.82) is 0 Å². The summed E-state index contributed by atoms with van der Waals surface area (Å²) >= 11 is 0. The molecule has 0 aliphatic rings. The van der Waals surface area contributed by atoms with Crippen molar-refractivity contribution in [2.24, 2.45) is 5.73 Å². The van der Waals surface area contributed by atoms with Crippen molar-refractivity contribution in [2.45, 2.75) is 38.4 Å². The Kier molecular flexibility index (Phi) is 4.62. The molecule has 1 rings (SSSR count). The predicted octanol–water partition coefficient (Wildman–Crippen LogP) is 1.17. The topological polar surface area (TPSA) is 62.4 Å². The molecule has 96 valence electrons. The van der Waals surface area contributed by atoms with E-state index in [0.717, 1.165) is 5.56 Å². The van der Waals surface area contributed by atoms with Crippen molar-refractivity contribution < 1.29 is 5.11 Å². The maximum atomic E-state index is 9.45. The van der Waals surface area contributed by atoms with E-state index in [2.05, 4.69) is 9.88 Å². The Morgan fingerprint density at radius 1 is 1.41 bits per heavy atom. The van der Waals surface area contributed by atoms with E-state index in [-0.39, 0.29) is 24.2 Å². The number of nitrogens with zero attached hydrogens (tertiary/aromatic N) is 2. The summed E-state index contributed by atoms with van der Waals surface area (Å²) in [6, 6.07) is 3.99. The van der Waals surface area contributed by atoms with E-state index in [4.69, 9.17) is 5.73 Å². The molecule has 4 heteroatoms. The molecule has 1 heterocycles. The molecule has 0 aliphatic heterocycles. The summed E-state index contributed by atoms with van der Waals surface area (Å²) in [6.07, 6.45) is 3.54. The molecule has 0 spiro atoms. The van der Waals surface area contributed by atoms with Crippen molar-refractivity contribution in [1.82, 2.24) is 9.88 Å². The minimum atomic E-state index is -0.304. The zero-order valence-corrected chi connectivity index (χ0v) is 11.1. The summed E-state index contributed by atoms with van der Waals surface area (Å²) < 4.78 is 0. The average molecular weight is 237 g/mol. The van der Waals surface area contributed by atoms with Gasteiger partial charge in [0.25, 0.3) is 0 Å². The summed E-state index contributed by atoms with van der Waals surface area (Å²) in [7, 11) is 1.99. The van der Waals surface area contributed by atoms with Gasteiger partial charge in [-0.1, -0.05) is 0 Å². The SMILES string of the molecule is CC(N)C(c1ccncc1)N(C)C(C)(C)CO. The number of nitrogens with two attached hydrogens (primary N) is 1. The summed E-state index contributed by atoms with van der Waals surface area (Å²) in [5.41, 5.74) is 6.90. The Hall–Kier alpha value is -0.970. The predicted molar refractivity (Wildman–Crippen MR) is 69.6 cm³/mol. The smallest absolute Gasteiger partial charge is 0.0610 e. The highest BCUT2D eigenvalue weighted by Gasteiger charge is 2.31. The number of aliphatic hydroxyl groups excluding tert-OH is 1. The lowest BCUT2D eigenvalue weighted by atomic mass is 9.94. The molecular weight excluding hydrogens is 214 g/mol. The molecule has 0 fully saturated rings. The Morgan fingerprint density at radius 3 is 2.35 bits per heavy atom. The number of pyridine rings is 1. The van der Waals surface area contributed by atoms with Gasteiger partial charge in [0.1, 0.15) is 0 Å². The standard InChI is InChI=1S/C13H23N3O/c1-10(14)12(11-5-7-15-8-6-11)16(4)13(2,3)9-17/h5-8,10,12,17H,9,14H2,1-4H3. The lowest BCUT2D eigenvalue weighted by molar-refractivity contribution is 0.0370. The third-order valence-corrected chi connectivity index (χ3v) is 3.30. The van der Waals surface area contributed by atoms with E-state index in [0.29, 0.717) is 0 Å². The van der Waals surface area contributed by atoms with Crippen LogP contribution in [0.3, 0.4) is 0 Å². The fourth-order valence-electron chi connectivity index (χ4n) is 1.93. The van der Waals surface area contributed by atoms with E-state index >= 15 is 0 Å². The normalized spacial score (nSPS) is 15.9. The van der Waals surface area contributed by atoms with E-state index in [9.17, 15) is 5.11 Å². The quantitative estimate of drug-likeness (QED) is 0.807. The molecule has 0 saturated carbocycles. The maximum absolute atomic E-state index is 9.45. The molecular formula is C13H23N3O. The molecule has 0 aliphatic carbocycles. The van der Waals surface area contributed by atoms with Gasteiger partial charge >= 0.3 is 0 Å². The summed E-state index contributed by atoms with van der Waals surface area (Å²) in [5.74, 6) is 0. The van der Waals surface area contributed by atoms with Crippen LogP contribution in [0.4, 0.5) is 0 Å². The van der Waals surface area contributed by atoms with Crippen LogP contribution in [0.25, 0.3) is 0 Å². The Bertz CT molecular complexity index is 338. The Labute approximate surface area is 103 Å². The summed E-state index contributed by atoms with van der Waals surface area (Å²) in [5, 5.41) is 9.45. The van der Waals surface area contributed by atoms with Crippen LogP contribution in [0, 0.1) is 0 Å². The van der Waals surface area contributed by atoms with Crippen molar-refractivity contribution in [3.05, 3.63) is 30.1 Å². The average Bonchev–Trinajstić information content (AvgIpc) is 2.30. The minimum absolute atomic E-state index is 0.0202. The molecule has 4 nitrogen and oxygen atoms in total. The van der Waals surface area contributed by atoms with Gasteiger partial charge in [0.05, 0.1) is 12.6 Å². The molecule has 17 heavy (non-hydrogen) atoms. The minimum Gasteiger partial charge on any atom is -0.394 e.